The van der Waals surface area contributed by atoms with Gasteiger partial charge in [0.1, 0.15) is 5.82 Å². The second kappa shape index (κ2) is 7.77. The lowest BCUT2D eigenvalue weighted by molar-refractivity contribution is -0.131. The normalized spacial score (nSPS) is 22.5. The zero-order valence-corrected chi connectivity index (χ0v) is 14.2. The first-order chi connectivity index (χ1) is 11.3. The average Bonchev–Trinajstić information content (AvgIpc) is 3.15. The van der Waals surface area contributed by atoms with Gasteiger partial charge in [0.15, 0.2) is 0 Å². The quantitative estimate of drug-likeness (QED) is 0.783. The minimum atomic E-state index is 0.332. The Morgan fingerprint density at radius 3 is 3.00 bits per heavy atom. The topological polar surface area (TPSA) is 41.4 Å². The van der Waals surface area contributed by atoms with Crippen molar-refractivity contribution in [2.24, 2.45) is 5.92 Å². The molecule has 0 saturated carbocycles. The summed E-state index contributed by atoms with van der Waals surface area (Å²) in [6.45, 7) is 7.73. The summed E-state index contributed by atoms with van der Waals surface area (Å²) in [4.78, 5) is 21.5. The molecule has 5 heteroatoms. The summed E-state index contributed by atoms with van der Waals surface area (Å²) in [5.74, 6) is 1.93. The Labute approximate surface area is 139 Å². The number of amides is 1. The Balaban J connectivity index is 1.50. The van der Waals surface area contributed by atoms with Gasteiger partial charge in [-0.2, -0.15) is 0 Å². The molecule has 0 N–H and O–H groups in total. The van der Waals surface area contributed by atoms with Gasteiger partial charge in [-0.05, 0) is 32.1 Å². The second-order valence-corrected chi connectivity index (χ2v) is 6.61. The number of carbonyl (C=O) groups excluding carboxylic acids is 1. The smallest absolute Gasteiger partial charge is 0.223 e. The van der Waals surface area contributed by atoms with Gasteiger partial charge in [-0.3, -0.25) is 9.69 Å². The number of allylic oxidation sites excluding steroid dienone is 2. The van der Waals surface area contributed by atoms with Gasteiger partial charge in [0.25, 0.3) is 0 Å². The van der Waals surface area contributed by atoms with Gasteiger partial charge in [-0.1, -0.05) is 12.2 Å². The number of nitrogens with zero attached hydrogens (tertiary/aromatic N) is 4. The highest BCUT2D eigenvalue weighted by atomic mass is 16.2. The van der Waals surface area contributed by atoms with Gasteiger partial charge in [-0.15, -0.1) is 0 Å². The second-order valence-electron chi connectivity index (χ2n) is 6.61. The summed E-state index contributed by atoms with van der Waals surface area (Å²) in [5.41, 5.74) is 0. The zero-order valence-electron chi connectivity index (χ0n) is 14.2. The van der Waals surface area contributed by atoms with E-state index < -0.39 is 0 Å². The Kier molecular flexibility index (Phi) is 5.49. The molecule has 3 rings (SSSR count). The largest absolute Gasteiger partial charge is 0.341 e. The SMILES string of the molecule is CCn1ccnc1CN1CCCN(C(=O)CC2C=CCC2)CC1. The molecule has 1 aliphatic heterocycles. The van der Waals surface area contributed by atoms with Crippen molar-refractivity contribution in [3.05, 3.63) is 30.4 Å². The molecule has 0 aromatic carbocycles. The van der Waals surface area contributed by atoms with Crippen LogP contribution in [0.4, 0.5) is 0 Å². The summed E-state index contributed by atoms with van der Waals surface area (Å²) < 4.78 is 2.19. The van der Waals surface area contributed by atoms with Crippen LogP contribution in [0.1, 0.15) is 38.4 Å². The number of carbonyl (C=O) groups is 1. The van der Waals surface area contributed by atoms with Crippen LogP contribution < -0.4 is 0 Å². The molecule has 2 heterocycles. The molecule has 1 unspecified atom stereocenters. The van der Waals surface area contributed by atoms with Crippen molar-refractivity contribution in [3.63, 3.8) is 0 Å². The van der Waals surface area contributed by atoms with Crippen molar-refractivity contribution >= 4 is 5.91 Å². The van der Waals surface area contributed by atoms with Crippen LogP contribution in [0.25, 0.3) is 0 Å². The van der Waals surface area contributed by atoms with E-state index in [2.05, 4.69) is 38.4 Å². The maximum absolute atomic E-state index is 12.5. The highest BCUT2D eigenvalue weighted by Crippen LogP contribution is 2.21. The molecule has 1 fully saturated rings. The van der Waals surface area contributed by atoms with Gasteiger partial charge in [0, 0.05) is 51.5 Å². The lowest BCUT2D eigenvalue weighted by atomic mass is 10.0. The van der Waals surface area contributed by atoms with E-state index in [-0.39, 0.29) is 0 Å². The Morgan fingerprint density at radius 2 is 2.22 bits per heavy atom. The lowest BCUT2D eigenvalue weighted by Gasteiger charge is -2.23. The van der Waals surface area contributed by atoms with Crippen molar-refractivity contribution in [3.8, 4) is 0 Å². The standard InChI is InChI=1S/C18H28N4O/c1-2-21-11-8-19-17(21)15-20-9-5-10-22(13-12-20)18(23)14-16-6-3-4-7-16/h3,6,8,11,16H,2,4-5,7,9-10,12-15H2,1H3. The fourth-order valence-electron chi connectivity index (χ4n) is 3.58. The number of rotatable bonds is 5. The summed E-state index contributed by atoms with van der Waals surface area (Å²) in [6, 6.07) is 0. The van der Waals surface area contributed by atoms with Gasteiger partial charge < -0.3 is 9.47 Å². The summed E-state index contributed by atoms with van der Waals surface area (Å²) in [7, 11) is 0. The molecule has 0 radical (unpaired) electrons. The molecule has 1 amide bonds. The van der Waals surface area contributed by atoms with Crippen LogP contribution in [0.2, 0.25) is 0 Å². The minimum Gasteiger partial charge on any atom is -0.341 e. The highest BCUT2D eigenvalue weighted by molar-refractivity contribution is 5.76. The maximum Gasteiger partial charge on any atom is 0.223 e. The van der Waals surface area contributed by atoms with Crippen LogP contribution in [0, 0.1) is 5.92 Å². The molecule has 23 heavy (non-hydrogen) atoms. The van der Waals surface area contributed by atoms with Gasteiger partial charge >= 0.3 is 0 Å². The minimum absolute atomic E-state index is 0.332. The zero-order chi connectivity index (χ0) is 16.1. The van der Waals surface area contributed by atoms with E-state index in [0.717, 1.165) is 64.4 Å². The fraction of sp³-hybridized carbons (Fsp3) is 0.667. The molecule has 1 aromatic heterocycles. The molecule has 5 nitrogen and oxygen atoms in total. The summed E-state index contributed by atoms with van der Waals surface area (Å²) in [5, 5.41) is 0. The number of hydrogen-bond donors (Lipinski definition) is 0. The number of hydrogen-bond acceptors (Lipinski definition) is 3. The molecule has 1 aromatic rings. The van der Waals surface area contributed by atoms with Crippen molar-refractivity contribution in [1.29, 1.82) is 0 Å². The van der Waals surface area contributed by atoms with Gasteiger partial charge in [-0.25, -0.2) is 4.98 Å². The molecule has 0 bridgehead atoms. The molecule has 0 spiro atoms. The number of aromatic nitrogens is 2. The summed E-state index contributed by atoms with van der Waals surface area (Å²) in [6.07, 6.45) is 12.4. The first kappa shape index (κ1) is 16.2. The van der Waals surface area contributed by atoms with Gasteiger partial charge in [0.2, 0.25) is 5.91 Å². The number of imidazole rings is 1. The van der Waals surface area contributed by atoms with Crippen molar-refractivity contribution in [1.82, 2.24) is 19.4 Å². The molecule has 126 valence electrons. The predicted molar refractivity (Wildman–Crippen MR) is 90.9 cm³/mol. The molecule has 2 aliphatic rings. The monoisotopic (exact) mass is 316 g/mol. The first-order valence-electron chi connectivity index (χ1n) is 8.93. The van der Waals surface area contributed by atoms with Crippen molar-refractivity contribution in [2.45, 2.75) is 45.7 Å². The van der Waals surface area contributed by atoms with Crippen molar-refractivity contribution < 1.29 is 4.79 Å². The Bertz CT molecular complexity index is 551. The van der Waals surface area contributed by atoms with Crippen LogP contribution in [0.3, 0.4) is 0 Å². The Hall–Kier alpha value is -1.62. The van der Waals surface area contributed by atoms with Crippen LogP contribution in [-0.4, -0.2) is 51.4 Å². The van der Waals surface area contributed by atoms with Gasteiger partial charge in [0.05, 0.1) is 6.54 Å². The van der Waals surface area contributed by atoms with Crippen LogP contribution in [0.5, 0.6) is 0 Å². The van der Waals surface area contributed by atoms with Crippen LogP contribution in [0.15, 0.2) is 24.5 Å². The van der Waals surface area contributed by atoms with E-state index in [4.69, 9.17) is 0 Å². The van der Waals surface area contributed by atoms with E-state index >= 15 is 0 Å². The molecule has 1 aliphatic carbocycles. The van der Waals surface area contributed by atoms with E-state index in [1.165, 1.54) is 0 Å². The van der Waals surface area contributed by atoms with E-state index in [9.17, 15) is 4.79 Å². The third-order valence-corrected chi connectivity index (χ3v) is 5.00. The Morgan fingerprint density at radius 1 is 1.30 bits per heavy atom. The third kappa shape index (κ3) is 4.22. The van der Waals surface area contributed by atoms with E-state index in [1.54, 1.807) is 0 Å². The van der Waals surface area contributed by atoms with Crippen LogP contribution >= 0.6 is 0 Å². The van der Waals surface area contributed by atoms with Crippen LogP contribution in [-0.2, 0) is 17.9 Å². The van der Waals surface area contributed by atoms with E-state index in [0.29, 0.717) is 18.2 Å². The van der Waals surface area contributed by atoms with Crippen molar-refractivity contribution in [2.75, 3.05) is 26.2 Å². The molecule has 1 atom stereocenters. The average molecular weight is 316 g/mol. The maximum atomic E-state index is 12.5. The fourth-order valence-corrected chi connectivity index (χ4v) is 3.58. The molecular weight excluding hydrogens is 288 g/mol. The molecule has 1 saturated heterocycles. The lowest BCUT2D eigenvalue weighted by Crippen LogP contribution is -2.36. The summed E-state index contributed by atoms with van der Waals surface area (Å²) >= 11 is 0. The highest BCUT2D eigenvalue weighted by Gasteiger charge is 2.22. The third-order valence-electron chi connectivity index (χ3n) is 5.00. The molecular formula is C18H28N4O. The predicted octanol–water partition coefficient (Wildman–Crippen LogP) is 2.29. The van der Waals surface area contributed by atoms with E-state index in [1.807, 2.05) is 12.4 Å². The number of aryl methyl sites for hydroxylation is 1. The first-order valence-corrected chi connectivity index (χ1v) is 8.93.